The molecule has 2 aromatic rings. The zero-order chi connectivity index (χ0) is 14.8. The van der Waals surface area contributed by atoms with Gasteiger partial charge in [0, 0.05) is 25.6 Å². The van der Waals surface area contributed by atoms with Crippen LogP contribution in [0.1, 0.15) is 51.7 Å². The zero-order valence-corrected chi connectivity index (χ0v) is 13.1. The third kappa shape index (κ3) is 3.24. The fraction of sp³-hybridized carbons (Fsp3) is 0.562. The second-order valence-corrected chi connectivity index (χ2v) is 6.80. The Bertz CT molecular complexity index is 555. The normalized spacial score (nSPS) is 12.7. The molecule has 4 nitrogen and oxygen atoms in total. The Morgan fingerprint density at radius 2 is 1.45 bits per heavy atom. The van der Waals surface area contributed by atoms with Gasteiger partial charge in [-0.3, -0.25) is 4.68 Å². The maximum Gasteiger partial charge on any atom is 0.115 e. The predicted octanol–water partition coefficient (Wildman–Crippen LogP) is 3.25. The summed E-state index contributed by atoms with van der Waals surface area (Å²) < 4.78 is 1.87. The molecule has 0 radical (unpaired) electrons. The molecule has 0 saturated carbocycles. The lowest BCUT2D eigenvalue weighted by molar-refractivity contribution is 0.373. The Labute approximate surface area is 121 Å². The minimum absolute atomic E-state index is 0.0841. The van der Waals surface area contributed by atoms with Gasteiger partial charge in [0.05, 0.1) is 6.20 Å². The van der Waals surface area contributed by atoms with Crippen molar-refractivity contribution in [3.63, 3.8) is 0 Å². The van der Waals surface area contributed by atoms with Crippen molar-refractivity contribution in [1.82, 2.24) is 19.7 Å². The molecule has 0 aliphatic heterocycles. The SMILES string of the molecule is Cn1cc(C(C)(C)CCC(C)(C)c2cncnc2)cn1. The van der Waals surface area contributed by atoms with E-state index in [1.54, 1.807) is 6.33 Å². The van der Waals surface area contributed by atoms with Crippen molar-refractivity contribution >= 4 is 0 Å². The van der Waals surface area contributed by atoms with Gasteiger partial charge in [-0.15, -0.1) is 0 Å². The van der Waals surface area contributed by atoms with Gasteiger partial charge in [0.25, 0.3) is 0 Å². The molecule has 0 saturated heterocycles. The van der Waals surface area contributed by atoms with Gasteiger partial charge < -0.3 is 0 Å². The molecule has 4 heteroatoms. The predicted molar refractivity (Wildman–Crippen MR) is 80.5 cm³/mol. The van der Waals surface area contributed by atoms with Gasteiger partial charge in [-0.1, -0.05) is 27.7 Å². The highest BCUT2D eigenvalue weighted by atomic mass is 15.2. The third-order valence-electron chi connectivity index (χ3n) is 4.20. The molecule has 0 aliphatic carbocycles. The van der Waals surface area contributed by atoms with E-state index in [0.29, 0.717) is 0 Å². The van der Waals surface area contributed by atoms with Crippen LogP contribution in [0.4, 0.5) is 0 Å². The average molecular weight is 272 g/mol. The zero-order valence-electron chi connectivity index (χ0n) is 13.1. The van der Waals surface area contributed by atoms with Crippen LogP contribution in [-0.4, -0.2) is 19.7 Å². The van der Waals surface area contributed by atoms with E-state index in [9.17, 15) is 0 Å². The van der Waals surface area contributed by atoms with Crippen LogP contribution in [-0.2, 0) is 17.9 Å². The van der Waals surface area contributed by atoms with Gasteiger partial charge >= 0.3 is 0 Å². The van der Waals surface area contributed by atoms with Gasteiger partial charge in [0.15, 0.2) is 0 Å². The molecule has 108 valence electrons. The summed E-state index contributed by atoms with van der Waals surface area (Å²) in [5.74, 6) is 0. The molecule has 0 atom stereocenters. The van der Waals surface area contributed by atoms with Crippen LogP contribution >= 0.6 is 0 Å². The molecular formula is C16H24N4. The van der Waals surface area contributed by atoms with E-state index < -0.39 is 0 Å². The molecule has 0 aromatic carbocycles. The van der Waals surface area contributed by atoms with Crippen molar-refractivity contribution in [3.05, 3.63) is 42.2 Å². The van der Waals surface area contributed by atoms with E-state index in [-0.39, 0.29) is 10.8 Å². The smallest absolute Gasteiger partial charge is 0.115 e. The summed E-state index contributed by atoms with van der Waals surface area (Å²) in [6.07, 6.45) is 11.7. The molecule has 0 N–H and O–H groups in total. The van der Waals surface area contributed by atoms with Gasteiger partial charge in [-0.25, -0.2) is 9.97 Å². The fourth-order valence-electron chi connectivity index (χ4n) is 2.33. The molecule has 0 unspecified atom stereocenters. The van der Waals surface area contributed by atoms with Crippen LogP contribution in [0.2, 0.25) is 0 Å². The summed E-state index contributed by atoms with van der Waals surface area (Å²) in [7, 11) is 1.96. The van der Waals surface area contributed by atoms with Crippen LogP contribution in [0.5, 0.6) is 0 Å². The van der Waals surface area contributed by atoms with Gasteiger partial charge in [-0.05, 0) is 34.8 Å². The Balaban J connectivity index is 2.07. The maximum absolute atomic E-state index is 4.28. The second-order valence-electron chi connectivity index (χ2n) is 6.80. The summed E-state index contributed by atoms with van der Waals surface area (Å²) in [5.41, 5.74) is 2.70. The number of hydrogen-bond acceptors (Lipinski definition) is 3. The molecule has 20 heavy (non-hydrogen) atoms. The van der Waals surface area contributed by atoms with Crippen LogP contribution in [0.25, 0.3) is 0 Å². The minimum atomic E-state index is 0.0841. The largest absolute Gasteiger partial charge is 0.276 e. The summed E-state index contributed by atoms with van der Waals surface area (Å²) in [4.78, 5) is 8.26. The average Bonchev–Trinajstić information content (AvgIpc) is 2.85. The summed E-state index contributed by atoms with van der Waals surface area (Å²) in [5, 5.41) is 4.28. The Kier molecular flexibility index (Phi) is 3.93. The standard InChI is InChI=1S/C16H24N4/c1-15(2,13-8-17-12-18-9-13)6-7-16(3,4)14-10-19-20(5)11-14/h8-12H,6-7H2,1-5H3. The number of aryl methyl sites for hydroxylation is 1. The van der Waals surface area contributed by atoms with Crippen molar-refractivity contribution in [3.8, 4) is 0 Å². The molecule has 0 amide bonds. The number of nitrogens with zero attached hydrogens (tertiary/aromatic N) is 4. The highest BCUT2D eigenvalue weighted by Gasteiger charge is 2.28. The molecule has 2 heterocycles. The first-order valence-electron chi connectivity index (χ1n) is 7.06. The quantitative estimate of drug-likeness (QED) is 0.839. The van der Waals surface area contributed by atoms with E-state index in [1.165, 1.54) is 11.1 Å². The minimum Gasteiger partial charge on any atom is -0.276 e. The van der Waals surface area contributed by atoms with Gasteiger partial charge in [0.1, 0.15) is 6.33 Å². The topological polar surface area (TPSA) is 43.6 Å². The molecular weight excluding hydrogens is 248 g/mol. The van der Waals surface area contributed by atoms with E-state index >= 15 is 0 Å². The first-order chi connectivity index (χ1) is 9.31. The molecule has 0 fully saturated rings. The van der Waals surface area contributed by atoms with Gasteiger partial charge in [0.2, 0.25) is 0 Å². The van der Waals surface area contributed by atoms with Crippen molar-refractivity contribution in [2.24, 2.45) is 7.05 Å². The lowest BCUT2D eigenvalue weighted by Gasteiger charge is -2.30. The molecule has 2 rings (SSSR count). The van der Waals surface area contributed by atoms with Crippen molar-refractivity contribution < 1.29 is 0 Å². The second kappa shape index (κ2) is 5.35. The highest BCUT2D eigenvalue weighted by Crippen LogP contribution is 2.35. The number of hydrogen-bond donors (Lipinski definition) is 0. The molecule has 0 spiro atoms. The van der Waals surface area contributed by atoms with Gasteiger partial charge in [-0.2, -0.15) is 5.10 Å². The first kappa shape index (κ1) is 14.7. The number of aromatic nitrogens is 4. The Morgan fingerprint density at radius 3 is 1.95 bits per heavy atom. The lowest BCUT2D eigenvalue weighted by Crippen LogP contribution is -2.24. The number of rotatable bonds is 5. The van der Waals surface area contributed by atoms with E-state index in [0.717, 1.165) is 12.8 Å². The Morgan fingerprint density at radius 1 is 0.900 bits per heavy atom. The maximum atomic E-state index is 4.28. The van der Waals surface area contributed by atoms with Crippen LogP contribution in [0, 0.1) is 0 Å². The molecule has 0 aliphatic rings. The highest BCUT2D eigenvalue weighted by molar-refractivity contribution is 5.19. The third-order valence-corrected chi connectivity index (χ3v) is 4.20. The molecule has 0 bridgehead atoms. The fourth-order valence-corrected chi connectivity index (χ4v) is 2.33. The van der Waals surface area contributed by atoms with E-state index in [1.807, 2.05) is 30.3 Å². The summed E-state index contributed by atoms with van der Waals surface area (Å²) in [6, 6.07) is 0. The van der Waals surface area contributed by atoms with Crippen molar-refractivity contribution in [1.29, 1.82) is 0 Å². The van der Waals surface area contributed by atoms with Crippen LogP contribution in [0.15, 0.2) is 31.1 Å². The Hall–Kier alpha value is -1.71. The van der Waals surface area contributed by atoms with Crippen molar-refractivity contribution in [2.45, 2.75) is 51.4 Å². The summed E-state index contributed by atoms with van der Waals surface area (Å²) >= 11 is 0. The lowest BCUT2D eigenvalue weighted by atomic mass is 9.74. The first-order valence-corrected chi connectivity index (χ1v) is 7.06. The monoisotopic (exact) mass is 272 g/mol. The van der Waals surface area contributed by atoms with Crippen LogP contribution < -0.4 is 0 Å². The van der Waals surface area contributed by atoms with E-state index in [2.05, 4.69) is 49.0 Å². The van der Waals surface area contributed by atoms with Crippen LogP contribution in [0.3, 0.4) is 0 Å². The molecule has 2 aromatic heterocycles. The summed E-state index contributed by atoms with van der Waals surface area (Å²) in [6.45, 7) is 9.07. The van der Waals surface area contributed by atoms with Crippen molar-refractivity contribution in [2.75, 3.05) is 0 Å². The van der Waals surface area contributed by atoms with E-state index in [4.69, 9.17) is 0 Å².